The van der Waals surface area contributed by atoms with Crippen LogP contribution in [0.5, 0.6) is 0 Å². The first-order valence-electron chi connectivity index (χ1n) is 6.22. The van der Waals surface area contributed by atoms with Gasteiger partial charge in [0.15, 0.2) is 0 Å². The average molecular weight is 298 g/mol. The molecule has 1 heterocycles. The number of amides is 1. The molecular formula is C13H18N2O4S. The van der Waals surface area contributed by atoms with Gasteiger partial charge in [-0.25, -0.2) is 13.5 Å². The van der Waals surface area contributed by atoms with Gasteiger partial charge in [-0.1, -0.05) is 6.07 Å². The number of rotatable bonds is 3. The van der Waals surface area contributed by atoms with Gasteiger partial charge in [0.25, 0.3) is 5.91 Å². The van der Waals surface area contributed by atoms with Crippen LogP contribution in [0.3, 0.4) is 0 Å². The van der Waals surface area contributed by atoms with E-state index in [1.807, 2.05) is 12.1 Å². The lowest BCUT2D eigenvalue weighted by molar-refractivity contribution is -0.0757. The molecule has 1 amide bonds. The second kappa shape index (κ2) is 5.51. The number of sulfonamides is 1. The number of benzene rings is 1. The Morgan fingerprint density at radius 1 is 1.35 bits per heavy atom. The molecule has 0 bridgehead atoms. The van der Waals surface area contributed by atoms with Crippen molar-refractivity contribution in [2.45, 2.75) is 13.0 Å². The summed E-state index contributed by atoms with van der Waals surface area (Å²) >= 11 is 0. The number of carbonyl (C=O) groups excluding carboxylic acids is 1. The molecule has 0 N–H and O–H groups in total. The van der Waals surface area contributed by atoms with Gasteiger partial charge in [0, 0.05) is 25.7 Å². The van der Waals surface area contributed by atoms with E-state index in [4.69, 9.17) is 4.84 Å². The van der Waals surface area contributed by atoms with E-state index in [1.165, 1.54) is 17.7 Å². The van der Waals surface area contributed by atoms with Gasteiger partial charge in [-0.3, -0.25) is 9.63 Å². The summed E-state index contributed by atoms with van der Waals surface area (Å²) in [6.45, 7) is 0.812. The Hall–Kier alpha value is -1.44. The van der Waals surface area contributed by atoms with Gasteiger partial charge in [-0.15, -0.1) is 0 Å². The first-order valence-corrected chi connectivity index (χ1v) is 8.07. The Bertz CT molecular complexity index is 627. The van der Waals surface area contributed by atoms with Crippen LogP contribution in [0.4, 0.5) is 0 Å². The Balaban J connectivity index is 2.25. The number of nitrogens with zero attached hydrogens (tertiary/aromatic N) is 2. The SMILES string of the molecule is CON(C)C(=O)c1ccc2c(c1)CCN(S(C)(=O)=O)C2. The van der Waals surface area contributed by atoms with Gasteiger partial charge < -0.3 is 0 Å². The summed E-state index contributed by atoms with van der Waals surface area (Å²) in [6.07, 6.45) is 1.82. The van der Waals surface area contributed by atoms with E-state index < -0.39 is 10.0 Å². The van der Waals surface area contributed by atoms with Crippen LogP contribution >= 0.6 is 0 Å². The highest BCUT2D eigenvalue weighted by molar-refractivity contribution is 7.88. The quantitative estimate of drug-likeness (QED) is 0.768. The fourth-order valence-electron chi connectivity index (χ4n) is 2.21. The van der Waals surface area contributed by atoms with Crippen LogP contribution in [0.15, 0.2) is 18.2 Å². The topological polar surface area (TPSA) is 66.9 Å². The Kier molecular flexibility index (Phi) is 4.12. The third kappa shape index (κ3) is 3.00. The van der Waals surface area contributed by atoms with E-state index in [0.717, 1.165) is 16.2 Å². The van der Waals surface area contributed by atoms with Crippen molar-refractivity contribution in [3.63, 3.8) is 0 Å². The van der Waals surface area contributed by atoms with Crippen LogP contribution in [-0.2, 0) is 27.8 Å². The number of carbonyl (C=O) groups is 1. The molecule has 0 spiro atoms. The van der Waals surface area contributed by atoms with Crippen LogP contribution in [0.1, 0.15) is 21.5 Å². The van der Waals surface area contributed by atoms with Gasteiger partial charge in [0.1, 0.15) is 0 Å². The molecule has 110 valence electrons. The van der Waals surface area contributed by atoms with Crippen molar-refractivity contribution in [3.8, 4) is 0 Å². The van der Waals surface area contributed by atoms with E-state index in [-0.39, 0.29) is 5.91 Å². The second-order valence-corrected chi connectivity index (χ2v) is 6.80. The van der Waals surface area contributed by atoms with E-state index in [9.17, 15) is 13.2 Å². The number of hydroxylamine groups is 2. The largest absolute Gasteiger partial charge is 0.277 e. The molecular weight excluding hydrogens is 280 g/mol. The summed E-state index contributed by atoms with van der Waals surface area (Å²) in [6, 6.07) is 5.32. The average Bonchev–Trinajstić information content (AvgIpc) is 2.43. The molecule has 0 unspecified atom stereocenters. The highest BCUT2D eigenvalue weighted by Gasteiger charge is 2.24. The van der Waals surface area contributed by atoms with Gasteiger partial charge in [-0.2, -0.15) is 4.31 Å². The van der Waals surface area contributed by atoms with Gasteiger partial charge in [0.2, 0.25) is 10.0 Å². The molecule has 0 saturated carbocycles. The minimum absolute atomic E-state index is 0.221. The van der Waals surface area contributed by atoms with Gasteiger partial charge >= 0.3 is 0 Å². The number of hydrogen-bond donors (Lipinski definition) is 0. The predicted octanol–water partition coefficient (Wildman–Crippen LogP) is 0.638. The molecule has 6 nitrogen and oxygen atoms in total. The third-order valence-corrected chi connectivity index (χ3v) is 4.71. The smallest absolute Gasteiger partial charge is 0.274 e. The lowest BCUT2D eigenvalue weighted by atomic mass is 9.98. The van der Waals surface area contributed by atoms with Crippen molar-refractivity contribution in [2.75, 3.05) is 27.0 Å². The lowest BCUT2D eigenvalue weighted by Crippen LogP contribution is -2.35. The fourth-order valence-corrected chi connectivity index (χ4v) is 3.00. The molecule has 0 atom stereocenters. The van der Waals surface area contributed by atoms with E-state index >= 15 is 0 Å². The maximum atomic E-state index is 12.0. The summed E-state index contributed by atoms with van der Waals surface area (Å²) in [5.74, 6) is -0.221. The molecule has 7 heteroatoms. The molecule has 0 aromatic heterocycles. The van der Waals surface area contributed by atoms with Crippen molar-refractivity contribution in [1.29, 1.82) is 0 Å². The van der Waals surface area contributed by atoms with Crippen LogP contribution in [-0.4, -0.2) is 50.7 Å². The Morgan fingerprint density at radius 3 is 2.65 bits per heavy atom. The summed E-state index contributed by atoms with van der Waals surface area (Å²) in [4.78, 5) is 16.8. The van der Waals surface area contributed by atoms with Crippen LogP contribution in [0.25, 0.3) is 0 Å². The molecule has 0 aliphatic carbocycles. The summed E-state index contributed by atoms with van der Waals surface area (Å²) in [5.41, 5.74) is 2.50. The highest BCUT2D eigenvalue weighted by Crippen LogP contribution is 2.22. The summed E-state index contributed by atoms with van der Waals surface area (Å²) in [7, 11) is -0.195. The Labute approximate surface area is 118 Å². The van der Waals surface area contributed by atoms with Crippen molar-refractivity contribution in [3.05, 3.63) is 34.9 Å². The summed E-state index contributed by atoms with van der Waals surface area (Å²) < 4.78 is 24.5. The van der Waals surface area contributed by atoms with Crippen molar-refractivity contribution >= 4 is 15.9 Å². The Morgan fingerprint density at radius 2 is 2.05 bits per heavy atom. The monoisotopic (exact) mass is 298 g/mol. The number of hydrogen-bond acceptors (Lipinski definition) is 4. The number of fused-ring (bicyclic) bond motifs is 1. The molecule has 0 saturated heterocycles. The summed E-state index contributed by atoms with van der Waals surface area (Å²) in [5, 5.41) is 1.16. The molecule has 20 heavy (non-hydrogen) atoms. The minimum atomic E-state index is -3.17. The lowest BCUT2D eigenvalue weighted by Gasteiger charge is -2.27. The standard InChI is InChI=1S/C13H18N2O4S/c1-14(19-2)13(16)11-4-5-12-9-15(20(3,17)18)7-6-10(12)8-11/h4-5,8H,6-7,9H2,1-3H3. The molecule has 1 aliphatic rings. The molecule has 1 aromatic rings. The molecule has 2 rings (SSSR count). The van der Waals surface area contributed by atoms with E-state index in [2.05, 4.69) is 0 Å². The van der Waals surface area contributed by atoms with E-state index in [0.29, 0.717) is 25.1 Å². The van der Waals surface area contributed by atoms with Crippen molar-refractivity contribution in [1.82, 2.24) is 9.37 Å². The zero-order valence-corrected chi connectivity index (χ0v) is 12.6. The maximum absolute atomic E-state index is 12.0. The maximum Gasteiger partial charge on any atom is 0.277 e. The van der Waals surface area contributed by atoms with E-state index in [1.54, 1.807) is 13.1 Å². The first-order chi connectivity index (χ1) is 9.32. The van der Waals surface area contributed by atoms with Crippen LogP contribution in [0.2, 0.25) is 0 Å². The first kappa shape index (κ1) is 15.0. The third-order valence-electron chi connectivity index (χ3n) is 3.46. The van der Waals surface area contributed by atoms with Crippen molar-refractivity contribution in [2.24, 2.45) is 0 Å². The molecule has 1 aromatic carbocycles. The minimum Gasteiger partial charge on any atom is -0.274 e. The molecule has 0 radical (unpaired) electrons. The van der Waals surface area contributed by atoms with Crippen LogP contribution in [0, 0.1) is 0 Å². The van der Waals surface area contributed by atoms with Crippen molar-refractivity contribution < 1.29 is 18.0 Å². The molecule has 1 aliphatic heterocycles. The zero-order valence-electron chi connectivity index (χ0n) is 11.8. The second-order valence-electron chi connectivity index (χ2n) is 4.82. The normalized spacial score (nSPS) is 15.8. The van der Waals surface area contributed by atoms with Crippen LogP contribution < -0.4 is 0 Å². The van der Waals surface area contributed by atoms with Gasteiger partial charge in [0.05, 0.1) is 13.4 Å². The van der Waals surface area contributed by atoms with Gasteiger partial charge in [-0.05, 0) is 29.7 Å². The highest BCUT2D eigenvalue weighted by atomic mass is 32.2. The molecule has 0 fully saturated rings. The fraction of sp³-hybridized carbons (Fsp3) is 0.462. The predicted molar refractivity (Wildman–Crippen MR) is 74.5 cm³/mol. The zero-order chi connectivity index (χ0) is 14.9.